The molecule has 18 heavy (non-hydrogen) atoms. The van der Waals surface area contributed by atoms with Gasteiger partial charge in [0, 0.05) is 19.3 Å². The lowest BCUT2D eigenvalue weighted by Crippen LogP contribution is -2.29. The van der Waals surface area contributed by atoms with Gasteiger partial charge in [-0.1, -0.05) is 0 Å². The van der Waals surface area contributed by atoms with E-state index < -0.39 is 10.0 Å². The van der Waals surface area contributed by atoms with E-state index >= 15 is 0 Å². The van der Waals surface area contributed by atoms with Crippen LogP contribution in [-0.4, -0.2) is 26.3 Å². The Balaban J connectivity index is 2.34. The minimum absolute atomic E-state index is 0.297. The second kappa shape index (κ2) is 4.55. The highest BCUT2D eigenvalue weighted by atomic mass is 32.2. The molecule has 100 valence electrons. The van der Waals surface area contributed by atoms with Crippen molar-refractivity contribution in [3.8, 4) is 0 Å². The van der Waals surface area contributed by atoms with Gasteiger partial charge >= 0.3 is 0 Å². The molecule has 0 unspecified atom stereocenters. The molecule has 0 aliphatic heterocycles. The van der Waals surface area contributed by atoms with Crippen molar-refractivity contribution in [3.05, 3.63) is 23.3 Å². The lowest BCUT2D eigenvalue weighted by Gasteiger charge is -2.18. The third kappa shape index (κ3) is 2.52. The average molecular weight is 268 g/mol. The Morgan fingerprint density at radius 2 is 1.94 bits per heavy atom. The zero-order valence-corrected chi connectivity index (χ0v) is 11.9. The van der Waals surface area contributed by atoms with E-state index in [1.54, 1.807) is 19.2 Å². The van der Waals surface area contributed by atoms with Gasteiger partial charge in [-0.2, -0.15) is 0 Å². The normalized spacial score (nSPS) is 16.2. The van der Waals surface area contributed by atoms with Crippen LogP contribution in [0, 0.1) is 19.8 Å². The van der Waals surface area contributed by atoms with E-state index in [-0.39, 0.29) is 0 Å². The van der Waals surface area contributed by atoms with E-state index in [9.17, 15) is 8.42 Å². The first kappa shape index (κ1) is 13.4. The fourth-order valence-electron chi connectivity index (χ4n) is 1.94. The Labute approximate surface area is 109 Å². The molecular formula is C13H20N2O2S. The van der Waals surface area contributed by atoms with E-state index in [0.717, 1.165) is 24.0 Å². The van der Waals surface area contributed by atoms with E-state index in [1.807, 2.05) is 13.8 Å². The SMILES string of the molecule is Cc1cc(S(=O)(=O)N(C)CC2CC2)cc(N)c1C. The van der Waals surface area contributed by atoms with Crippen molar-refractivity contribution in [3.63, 3.8) is 0 Å². The number of rotatable bonds is 4. The monoisotopic (exact) mass is 268 g/mol. The van der Waals surface area contributed by atoms with Gasteiger partial charge in [-0.25, -0.2) is 12.7 Å². The van der Waals surface area contributed by atoms with Crippen LogP contribution in [0.1, 0.15) is 24.0 Å². The summed E-state index contributed by atoms with van der Waals surface area (Å²) in [4.78, 5) is 0.297. The highest BCUT2D eigenvalue weighted by molar-refractivity contribution is 7.89. The summed E-state index contributed by atoms with van der Waals surface area (Å²) in [6.07, 6.45) is 2.27. The van der Waals surface area contributed by atoms with Crippen molar-refractivity contribution in [2.75, 3.05) is 19.3 Å². The molecule has 5 heteroatoms. The van der Waals surface area contributed by atoms with Crippen LogP contribution in [0.5, 0.6) is 0 Å². The van der Waals surface area contributed by atoms with Crippen molar-refractivity contribution in [2.45, 2.75) is 31.6 Å². The maximum absolute atomic E-state index is 12.4. The number of hydrogen-bond donors (Lipinski definition) is 1. The molecule has 2 rings (SSSR count). The summed E-state index contributed by atoms with van der Waals surface area (Å²) in [6.45, 7) is 4.38. The highest BCUT2D eigenvalue weighted by Crippen LogP contribution is 2.31. The highest BCUT2D eigenvalue weighted by Gasteiger charge is 2.29. The number of nitrogens with two attached hydrogens (primary N) is 1. The number of nitrogens with zero attached hydrogens (tertiary/aromatic N) is 1. The van der Waals surface area contributed by atoms with Gasteiger partial charge in [0.15, 0.2) is 0 Å². The Hall–Kier alpha value is -1.07. The Kier molecular flexibility index (Phi) is 3.38. The molecule has 0 radical (unpaired) electrons. The van der Waals surface area contributed by atoms with Crippen LogP contribution in [0.25, 0.3) is 0 Å². The molecule has 0 heterocycles. The molecule has 1 saturated carbocycles. The molecule has 1 aliphatic carbocycles. The van der Waals surface area contributed by atoms with Crippen molar-refractivity contribution in [1.82, 2.24) is 4.31 Å². The Morgan fingerprint density at radius 3 is 2.44 bits per heavy atom. The summed E-state index contributed by atoms with van der Waals surface area (Å²) in [5.41, 5.74) is 8.24. The van der Waals surface area contributed by atoms with Crippen molar-refractivity contribution in [1.29, 1.82) is 0 Å². The lowest BCUT2D eigenvalue weighted by molar-refractivity contribution is 0.453. The molecule has 0 atom stereocenters. The molecule has 0 aromatic heterocycles. The molecule has 1 aromatic carbocycles. The summed E-state index contributed by atoms with van der Waals surface area (Å²) < 4.78 is 26.2. The first-order valence-electron chi connectivity index (χ1n) is 6.15. The summed E-state index contributed by atoms with van der Waals surface area (Å²) in [7, 11) is -1.76. The van der Waals surface area contributed by atoms with E-state index in [0.29, 0.717) is 23.0 Å². The van der Waals surface area contributed by atoms with E-state index in [4.69, 9.17) is 5.73 Å². The third-order valence-electron chi connectivity index (χ3n) is 3.60. The fourth-order valence-corrected chi connectivity index (χ4v) is 3.31. The maximum atomic E-state index is 12.4. The van der Waals surface area contributed by atoms with Crippen molar-refractivity contribution >= 4 is 15.7 Å². The number of hydrogen-bond acceptors (Lipinski definition) is 3. The smallest absolute Gasteiger partial charge is 0.242 e. The molecule has 0 bridgehead atoms. The molecule has 1 fully saturated rings. The molecular weight excluding hydrogens is 248 g/mol. The van der Waals surface area contributed by atoms with Gasteiger partial charge in [0.05, 0.1) is 4.90 Å². The van der Waals surface area contributed by atoms with E-state index in [1.165, 1.54) is 4.31 Å². The second-order valence-electron chi connectivity index (χ2n) is 5.18. The van der Waals surface area contributed by atoms with Gasteiger partial charge < -0.3 is 5.73 Å². The molecule has 1 aliphatic rings. The first-order valence-corrected chi connectivity index (χ1v) is 7.59. The van der Waals surface area contributed by atoms with Gasteiger partial charge in [-0.15, -0.1) is 0 Å². The maximum Gasteiger partial charge on any atom is 0.242 e. The van der Waals surface area contributed by atoms with Crippen LogP contribution < -0.4 is 5.73 Å². The van der Waals surface area contributed by atoms with Crippen molar-refractivity contribution in [2.24, 2.45) is 5.92 Å². The van der Waals surface area contributed by atoms with E-state index in [2.05, 4.69) is 0 Å². The van der Waals surface area contributed by atoms with Crippen molar-refractivity contribution < 1.29 is 8.42 Å². The van der Waals surface area contributed by atoms with Crippen LogP contribution in [-0.2, 0) is 10.0 Å². The summed E-state index contributed by atoms with van der Waals surface area (Å²) in [5, 5.41) is 0. The third-order valence-corrected chi connectivity index (χ3v) is 5.40. The van der Waals surface area contributed by atoms with Gasteiger partial charge in [-0.05, 0) is 55.9 Å². The van der Waals surface area contributed by atoms with Crippen LogP contribution >= 0.6 is 0 Å². The lowest BCUT2D eigenvalue weighted by atomic mass is 10.1. The predicted molar refractivity (Wildman–Crippen MR) is 72.9 cm³/mol. The standard InChI is InChI=1S/C13H20N2O2S/c1-9-6-12(7-13(14)10(9)2)18(16,17)15(3)8-11-4-5-11/h6-7,11H,4-5,8,14H2,1-3H3. The topological polar surface area (TPSA) is 63.4 Å². The van der Waals surface area contributed by atoms with Gasteiger partial charge in [-0.3, -0.25) is 0 Å². The Morgan fingerprint density at radius 1 is 1.33 bits per heavy atom. The summed E-state index contributed by atoms with van der Waals surface area (Å²) in [5.74, 6) is 0.536. The van der Waals surface area contributed by atoms with Gasteiger partial charge in [0.1, 0.15) is 0 Å². The second-order valence-corrected chi connectivity index (χ2v) is 7.23. The Bertz CT molecular complexity index is 539. The zero-order valence-electron chi connectivity index (χ0n) is 11.1. The molecule has 2 N–H and O–H groups in total. The predicted octanol–water partition coefficient (Wildman–Crippen LogP) is 1.92. The number of nitrogen functional groups attached to an aromatic ring is 1. The van der Waals surface area contributed by atoms with Gasteiger partial charge in [0.25, 0.3) is 0 Å². The number of anilines is 1. The summed E-state index contributed by atoms with van der Waals surface area (Å²) in [6, 6.07) is 3.26. The molecule has 4 nitrogen and oxygen atoms in total. The quantitative estimate of drug-likeness (QED) is 0.848. The molecule has 0 amide bonds. The zero-order chi connectivity index (χ0) is 13.5. The molecule has 0 spiro atoms. The van der Waals surface area contributed by atoms with Crippen LogP contribution in [0.3, 0.4) is 0 Å². The first-order chi connectivity index (χ1) is 8.32. The number of sulfonamides is 1. The minimum Gasteiger partial charge on any atom is -0.398 e. The summed E-state index contributed by atoms with van der Waals surface area (Å²) >= 11 is 0. The minimum atomic E-state index is -3.40. The largest absolute Gasteiger partial charge is 0.398 e. The average Bonchev–Trinajstić information content (AvgIpc) is 3.08. The fraction of sp³-hybridized carbons (Fsp3) is 0.538. The molecule has 1 aromatic rings. The number of benzene rings is 1. The van der Waals surface area contributed by atoms with Crippen LogP contribution in [0.2, 0.25) is 0 Å². The van der Waals surface area contributed by atoms with Gasteiger partial charge in [0.2, 0.25) is 10.0 Å². The van der Waals surface area contributed by atoms with Crippen LogP contribution in [0.15, 0.2) is 17.0 Å². The molecule has 0 saturated heterocycles. The number of aryl methyl sites for hydroxylation is 1. The van der Waals surface area contributed by atoms with Crippen LogP contribution in [0.4, 0.5) is 5.69 Å².